The molecule has 1 aliphatic heterocycles. The summed E-state index contributed by atoms with van der Waals surface area (Å²) in [6, 6.07) is 12.9. The fourth-order valence-electron chi connectivity index (χ4n) is 5.17. The van der Waals surface area contributed by atoms with Crippen LogP contribution in [0.1, 0.15) is 54.7 Å². The van der Waals surface area contributed by atoms with Crippen LogP contribution in [0, 0.1) is 5.92 Å². The summed E-state index contributed by atoms with van der Waals surface area (Å²) in [7, 11) is 0. The van der Waals surface area contributed by atoms with E-state index in [4.69, 9.17) is 10.7 Å². The van der Waals surface area contributed by atoms with Gasteiger partial charge in [-0.2, -0.15) is 0 Å². The van der Waals surface area contributed by atoms with Crippen LogP contribution in [0.4, 0.5) is 11.6 Å². The zero-order valence-electron chi connectivity index (χ0n) is 20.7. The molecule has 0 radical (unpaired) electrons. The van der Waals surface area contributed by atoms with Crippen LogP contribution in [0.2, 0.25) is 0 Å². The average molecular weight is 496 g/mol. The molecule has 1 aliphatic carbocycles. The summed E-state index contributed by atoms with van der Waals surface area (Å²) in [6.45, 7) is 2.79. The van der Waals surface area contributed by atoms with Gasteiger partial charge < -0.3 is 16.0 Å². The Kier molecular flexibility index (Phi) is 5.82. The number of anilines is 2. The average Bonchev–Trinajstić information content (AvgIpc) is 3.70. The predicted octanol–water partition coefficient (Wildman–Crippen LogP) is 4.13. The summed E-state index contributed by atoms with van der Waals surface area (Å²) < 4.78 is 2.01. The second kappa shape index (κ2) is 9.31. The quantitative estimate of drug-likeness (QED) is 0.430. The number of carbonyl (C=O) groups is 2. The number of piperidine rings is 1. The highest BCUT2D eigenvalue weighted by Crippen LogP contribution is 2.38. The third-order valence-corrected chi connectivity index (χ3v) is 7.39. The van der Waals surface area contributed by atoms with E-state index >= 15 is 0 Å². The lowest BCUT2D eigenvalue weighted by Crippen LogP contribution is -2.45. The fraction of sp³-hybridized carbons (Fsp3) is 0.321. The number of hydrogen-bond donors (Lipinski definition) is 2. The Morgan fingerprint density at radius 3 is 2.54 bits per heavy atom. The molecular weight excluding hydrogens is 466 g/mol. The summed E-state index contributed by atoms with van der Waals surface area (Å²) >= 11 is 0. The minimum atomic E-state index is -0.237. The van der Waals surface area contributed by atoms with E-state index in [9.17, 15) is 9.59 Å². The first-order chi connectivity index (χ1) is 18.0. The van der Waals surface area contributed by atoms with Crippen LogP contribution < -0.4 is 11.1 Å². The number of imidazole rings is 1. The second-order valence-electron chi connectivity index (χ2n) is 9.98. The van der Waals surface area contributed by atoms with Crippen molar-refractivity contribution in [3.63, 3.8) is 0 Å². The van der Waals surface area contributed by atoms with E-state index in [0.29, 0.717) is 23.7 Å². The summed E-state index contributed by atoms with van der Waals surface area (Å²) in [5.74, 6) is 2.11. The molecule has 3 aromatic heterocycles. The number of carbonyl (C=O) groups excluding carboxylic acids is 2. The number of nitrogens with two attached hydrogens (primary N) is 1. The Bertz CT molecular complexity index is 1460. The van der Waals surface area contributed by atoms with Gasteiger partial charge >= 0.3 is 0 Å². The number of nitrogen functional groups attached to an aromatic ring is 1. The van der Waals surface area contributed by atoms with Crippen molar-refractivity contribution in [2.75, 3.05) is 17.6 Å². The van der Waals surface area contributed by atoms with E-state index in [1.165, 1.54) is 0 Å². The molecule has 9 nitrogen and oxygen atoms in total. The lowest BCUT2D eigenvalue weighted by Gasteiger charge is -2.37. The highest BCUT2D eigenvalue weighted by atomic mass is 16.2. The molecule has 37 heavy (non-hydrogen) atoms. The van der Waals surface area contributed by atoms with Gasteiger partial charge in [0.1, 0.15) is 28.7 Å². The van der Waals surface area contributed by atoms with Crippen LogP contribution in [0.15, 0.2) is 61.1 Å². The first-order valence-corrected chi connectivity index (χ1v) is 12.8. The van der Waals surface area contributed by atoms with Gasteiger partial charge in [0.25, 0.3) is 5.91 Å². The van der Waals surface area contributed by atoms with E-state index in [-0.39, 0.29) is 29.7 Å². The minimum Gasteiger partial charge on any atom is -0.382 e. The molecule has 2 amide bonds. The van der Waals surface area contributed by atoms with Gasteiger partial charge in [-0.15, -0.1) is 0 Å². The third-order valence-electron chi connectivity index (χ3n) is 7.39. The summed E-state index contributed by atoms with van der Waals surface area (Å²) in [4.78, 5) is 41.2. The molecule has 2 aliphatic rings. The number of hydrogen-bond acceptors (Lipinski definition) is 6. The van der Waals surface area contributed by atoms with E-state index < -0.39 is 0 Å². The van der Waals surface area contributed by atoms with Crippen molar-refractivity contribution in [2.45, 2.75) is 44.6 Å². The van der Waals surface area contributed by atoms with Gasteiger partial charge in [-0.05, 0) is 56.9 Å². The van der Waals surface area contributed by atoms with Gasteiger partial charge in [-0.25, -0.2) is 15.0 Å². The lowest BCUT2D eigenvalue weighted by atomic mass is 9.92. The third kappa shape index (κ3) is 4.41. The number of pyridine rings is 1. The largest absolute Gasteiger partial charge is 0.382 e. The molecule has 2 unspecified atom stereocenters. The number of nitrogens with zero attached hydrogens (tertiary/aromatic N) is 5. The van der Waals surface area contributed by atoms with Crippen molar-refractivity contribution in [3.05, 3.63) is 72.4 Å². The maximum Gasteiger partial charge on any atom is 0.256 e. The van der Waals surface area contributed by atoms with Crippen LogP contribution in [0.25, 0.3) is 16.8 Å². The normalized spacial score (nSPS) is 19.6. The Morgan fingerprint density at radius 1 is 1.00 bits per heavy atom. The topological polar surface area (TPSA) is 119 Å². The van der Waals surface area contributed by atoms with Crippen molar-refractivity contribution >= 4 is 29.0 Å². The molecule has 9 heteroatoms. The predicted molar refractivity (Wildman–Crippen MR) is 141 cm³/mol. The maximum atomic E-state index is 12.9. The molecule has 3 N–H and O–H groups in total. The van der Waals surface area contributed by atoms with Gasteiger partial charge in [0.2, 0.25) is 5.91 Å². The SMILES string of the molecule is CC1CCC(c2nc(-c3ccc(C(=O)Nc4ccccn4)cc3)c3c(N)nccn23)CN1C(=O)C1CC1. The molecule has 0 spiro atoms. The highest BCUT2D eigenvalue weighted by molar-refractivity contribution is 6.04. The Labute approximate surface area is 214 Å². The molecule has 4 aromatic rings. The number of fused-ring (bicyclic) bond motifs is 1. The van der Waals surface area contributed by atoms with Crippen LogP contribution in [0.3, 0.4) is 0 Å². The molecule has 1 aromatic carbocycles. The number of rotatable bonds is 5. The second-order valence-corrected chi connectivity index (χ2v) is 9.98. The minimum absolute atomic E-state index is 0.102. The summed E-state index contributed by atoms with van der Waals surface area (Å²) in [5, 5.41) is 2.80. The van der Waals surface area contributed by atoms with Crippen molar-refractivity contribution in [2.24, 2.45) is 5.92 Å². The molecule has 1 saturated carbocycles. The van der Waals surface area contributed by atoms with Gasteiger partial charge in [0.15, 0.2) is 0 Å². The molecule has 4 heterocycles. The van der Waals surface area contributed by atoms with E-state index in [1.807, 2.05) is 33.7 Å². The Balaban J connectivity index is 1.31. The van der Waals surface area contributed by atoms with E-state index in [0.717, 1.165) is 48.3 Å². The number of nitrogens with one attached hydrogen (secondary N) is 1. The smallest absolute Gasteiger partial charge is 0.256 e. The molecular formula is C28H29N7O2. The van der Waals surface area contributed by atoms with Crippen molar-refractivity contribution in [1.82, 2.24) is 24.3 Å². The van der Waals surface area contributed by atoms with Crippen LogP contribution in [-0.2, 0) is 4.79 Å². The number of amides is 2. The number of likely N-dealkylation sites (tertiary alicyclic amines) is 1. The standard InChI is InChI=1S/C28H29N7O2/c1-17-5-6-21(16-35(17)28(37)20-11-12-20)26-33-23(24-25(29)31-14-15-34(24)26)18-7-9-19(10-8-18)27(36)32-22-4-2-3-13-30-22/h2-4,7-10,13-15,17,20-21H,5-6,11-12,16H2,1H3,(H2,29,31)(H,30,32,36). The zero-order chi connectivity index (χ0) is 25.5. The van der Waals surface area contributed by atoms with Crippen LogP contribution in [-0.4, -0.2) is 48.7 Å². The fourth-order valence-corrected chi connectivity index (χ4v) is 5.17. The van der Waals surface area contributed by atoms with E-state index in [2.05, 4.69) is 22.2 Å². The van der Waals surface area contributed by atoms with Gasteiger partial charge in [0.05, 0.1) is 0 Å². The summed E-state index contributed by atoms with van der Waals surface area (Å²) in [6.07, 6.45) is 9.09. The number of aromatic nitrogens is 4. The maximum absolute atomic E-state index is 12.9. The molecule has 2 atom stereocenters. The van der Waals surface area contributed by atoms with Gasteiger partial charge in [0, 0.05) is 54.1 Å². The van der Waals surface area contributed by atoms with Crippen molar-refractivity contribution in [3.8, 4) is 11.3 Å². The Hall–Kier alpha value is -4.27. The summed E-state index contributed by atoms with van der Waals surface area (Å²) in [5.41, 5.74) is 9.15. The van der Waals surface area contributed by atoms with Crippen LogP contribution >= 0.6 is 0 Å². The van der Waals surface area contributed by atoms with Crippen LogP contribution in [0.5, 0.6) is 0 Å². The molecule has 188 valence electrons. The zero-order valence-corrected chi connectivity index (χ0v) is 20.7. The highest BCUT2D eigenvalue weighted by Gasteiger charge is 2.39. The van der Waals surface area contributed by atoms with Crippen molar-refractivity contribution < 1.29 is 9.59 Å². The van der Waals surface area contributed by atoms with Crippen molar-refractivity contribution in [1.29, 1.82) is 0 Å². The number of benzene rings is 1. The van der Waals surface area contributed by atoms with Gasteiger partial charge in [-0.1, -0.05) is 18.2 Å². The van der Waals surface area contributed by atoms with E-state index in [1.54, 1.807) is 36.7 Å². The first kappa shape index (κ1) is 23.1. The first-order valence-electron chi connectivity index (χ1n) is 12.8. The van der Waals surface area contributed by atoms with Gasteiger partial charge in [-0.3, -0.25) is 14.0 Å². The molecule has 6 rings (SSSR count). The molecule has 2 fully saturated rings. The monoisotopic (exact) mass is 495 g/mol. The Morgan fingerprint density at radius 2 is 1.81 bits per heavy atom. The molecule has 1 saturated heterocycles. The molecule has 0 bridgehead atoms. The lowest BCUT2D eigenvalue weighted by molar-refractivity contribution is -0.136.